The SMILES string of the molecule is Cc1ccc(Nc2cc(S(N)(=O)=O)ccc2N)cc1F. The second-order valence-corrected chi connectivity index (χ2v) is 5.94. The van der Waals surface area contributed by atoms with Gasteiger partial charge in [-0.25, -0.2) is 17.9 Å². The fourth-order valence-corrected chi connectivity index (χ4v) is 2.19. The summed E-state index contributed by atoms with van der Waals surface area (Å²) in [5.41, 5.74) is 7.42. The Morgan fingerprint density at radius 1 is 1.15 bits per heavy atom. The van der Waals surface area contributed by atoms with Gasteiger partial charge in [-0.05, 0) is 42.8 Å². The fourth-order valence-electron chi connectivity index (χ4n) is 1.65. The molecule has 5 N–H and O–H groups in total. The van der Waals surface area contributed by atoms with E-state index in [0.717, 1.165) is 0 Å². The fraction of sp³-hybridized carbons (Fsp3) is 0.0769. The molecule has 5 nitrogen and oxygen atoms in total. The highest BCUT2D eigenvalue weighted by Crippen LogP contribution is 2.26. The molecule has 0 aliphatic carbocycles. The zero-order chi connectivity index (χ0) is 14.9. The third-order valence-corrected chi connectivity index (χ3v) is 3.72. The van der Waals surface area contributed by atoms with E-state index in [1.165, 1.54) is 24.3 Å². The first-order valence-corrected chi connectivity index (χ1v) is 7.27. The molecule has 0 aliphatic heterocycles. The molecule has 0 saturated carbocycles. The van der Waals surface area contributed by atoms with Gasteiger partial charge < -0.3 is 11.1 Å². The normalized spacial score (nSPS) is 11.3. The van der Waals surface area contributed by atoms with Crippen LogP contribution in [0.5, 0.6) is 0 Å². The third kappa shape index (κ3) is 3.06. The molecule has 0 fully saturated rings. The molecule has 7 heteroatoms. The topological polar surface area (TPSA) is 98.2 Å². The highest BCUT2D eigenvalue weighted by atomic mass is 32.2. The summed E-state index contributed by atoms with van der Waals surface area (Å²) in [6.07, 6.45) is 0. The molecule has 0 atom stereocenters. The van der Waals surface area contributed by atoms with Crippen LogP contribution < -0.4 is 16.2 Å². The number of halogens is 1. The number of nitrogens with two attached hydrogens (primary N) is 2. The van der Waals surface area contributed by atoms with Gasteiger partial charge in [0.05, 0.1) is 16.3 Å². The van der Waals surface area contributed by atoms with Crippen molar-refractivity contribution in [3.05, 3.63) is 47.8 Å². The highest BCUT2D eigenvalue weighted by Gasteiger charge is 2.11. The molecule has 0 amide bonds. The third-order valence-electron chi connectivity index (χ3n) is 2.80. The summed E-state index contributed by atoms with van der Waals surface area (Å²) >= 11 is 0. The summed E-state index contributed by atoms with van der Waals surface area (Å²) in [4.78, 5) is -0.0678. The molecule has 2 aromatic rings. The lowest BCUT2D eigenvalue weighted by molar-refractivity contribution is 0.598. The van der Waals surface area contributed by atoms with Crippen molar-refractivity contribution in [2.75, 3.05) is 11.1 Å². The van der Waals surface area contributed by atoms with E-state index < -0.39 is 10.0 Å². The van der Waals surface area contributed by atoms with Crippen molar-refractivity contribution in [2.24, 2.45) is 5.14 Å². The maximum atomic E-state index is 13.5. The predicted molar refractivity (Wildman–Crippen MR) is 76.6 cm³/mol. The van der Waals surface area contributed by atoms with Crippen LogP contribution in [0.1, 0.15) is 5.56 Å². The number of rotatable bonds is 3. The number of primary sulfonamides is 1. The Labute approximate surface area is 116 Å². The van der Waals surface area contributed by atoms with Crippen molar-refractivity contribution in [1.82, 2.24) is 0 Å². The number of anilines is 3. The zero-order valence-electron chi connectivity index (χ0n) is 10.7. The first-order chi connectivity index (χ1) is 9.27. The maximum Gasteiger partial charge on any atom is 0.238 e. The van der Waals surface area contributed by atoms with Crippen molar-refractivity contribution in [1.29, 1.82) is 0 Å². The van der Waals surface area contributed by atoms with Crippen LogP contribution in [0.15, 0.2) is 41.3 Å². The summed E-state index contributed by atoms with van der Waals surface area (Å²) in [5.74, 6) is -0.365. The van der Waals surface area contributed by atoms with Crippen LogP contribution in [0.25, 0.3) is 0 Å². The standard InChI is InChI=1S/C13H14FN3O2S/c1-8-2-3-9(6-11(8)14)17-13-7-10(20(16,18)19)4-5-12(13)15/h2-7,17H,15H2,1H3,(H2,16,18,19). The van der Waals surface area contributed by atoms with Crippen molar-refractivity contribution >= 4 is 27.1 Å². The van der Waals surface area contributed by atoms with Crippen LogP contribution in [0.4, 0.5) is 21.5 Å². The number of aryl methyl sites for hydroxylation is 1. The largest absolute Gasteiger partial charge is 0.397 e. The van der Waals surface area contributed by atoms with Gasteiger partial charge in [-0.2, -0.15) is 0 Å². The number of hydrogen-bond donors (Lipinski definition) is 3. The maximum absolute atomic E-state index is 13.5. The van der Waals surface area contributed by atoms with Crippen molar-refractivity contribution in [3.8, 4) is 0 Å². The number of benzene rings is 2. The first-order valence-electron chi connectivity index (χ1n) is 5.73. The summed E-state index contributed by atoms with van der Waals surface area (Å²) in [6.45, 7) is 1.65. The van der Waals surface area contributed by atoms with E-state index in [9.17, 15) is 12.8 Å². The van der Waals surface area contributed by atoms with Gasteiger partial charge >= 0.3 is 0 Å². The Balaban J connectivity index is 2.40. The number of nitrogens with one attached hydrogen (secondary N) is 1. The van der Waals surface area contributed by atoms with E-state index in [1.807, 2.05) is 0 Å². The van der Waals surface area contributed by atoms with Crippen LogP contribution in [-0.4, -0.2) is 8.42 Å². The van der Waals surface area contributed by atoms with Crippen LogP contribution >= 0.6 is 0 Å². The van der Waals surface area contributed by atoms with Crippen LogP contribution in [0, 0.1) is 12.7 Å². The van der Waals surface area contributed by atoms with E-state index in [-0.39, 0.29) is 10.7 Å². The van der Waals surface area contributed by atoms with Crippen molar-refractivity contribution in [3.63, 3.8) is 0 Å². The Morgan fingerprint density at radius 3 is 2.45 bits per heavy atom. The molecule has 0 heterocycles. The van der Waals surface area contributed by atoms with Crippen molar-refractivity contribution < 1.29 is 12.8 Å². The minimum absolute atomic E-state index is 0.0678. The van der Waals surface area contributed by atoms with Gasteiger partial charge in [-0.15, -0.1) is 0 Å². The summed E-state index contributed by atoms with van der Waals surface area (Å²) in [5, 5.41) is 7.92. The summed E-state index contributed by atoms with van der Waals surface area (Å²) in [6, 6.07) is 8.62. The average molecular weight is 295 g/mol. The van der Waals surface area contributed by atoms with Gasteiger partial charge in [-0.3, -0.25) is 0 Å². The molecule has 2 aromatic carbocycles. The monoisotopic (exact) mass is 295 g/mol. The average Bonchev–Trinajstić information content (AvgIpc) is 2.35. The minimum atomic E-state index is -3.82. The number of hydrogen-bond acceptors (Lipinski definition) is 4. The van der Waals surface area contributed by atoms with E-state index >= 15 is 0 Å². The molecule has 0 saturated heterocycles. The molecule has 0 radical (unpaired) electrons. The van der Waals surface area contributed by atoms with Crippen molar-refractivity contribution in [2.45, 2.75) is 11.8 Å². The Hall–Kier alpha value is -2.12. The lowest BCUT2D eigenvalue weighted by atomic mass is 10.2. The zero-order valence-corrected chi connectivity index (χ0v) is 11.5. The smallest absolute Gasteiger partial charge is 0.238 e. The minimum Gasteiger partial charge on any atom is -0.397 e. The first kappa shape index (κ1) is 14.3. The van der Waals surface area contributed by atoms with Gasteiger partial charge in [0.1, 0.15) is 5.82 Å². The Bertz CT molecular complexity index is 760. The van der Waals surface area contributed by atoms with Crippen LogP contribution in [0.3, 0.4) is 0 Å². The number of sulfonamides is 1. The molecule has 0 aliphatic rings. The Kier molecular flexibility index (Phi) is 3.65. The van der Waals surface area contributed by atoms with Crippen LogP contribution in [-0.2, 0) is 10.0 Å². The molecular weight excluding hydrogens is 281 g/mol. The lowest BCUT2D eigenvalue weighted by Crippen LogP contribution is -2.12. The molecular formula is C13H14FN3O2S. The molecule has 2 rings (SSSR count). The quantitative estimate of drug-likeness (QED) is 0.755. The van der Waals surface area contributed by atoms with E-state index in [0.29, 0.717) is 22.6 Å². The molecule has 0 spiro atoms. The summed E-state index contributed by atoms with van der Waals surface area (Å²) in [7, 11) is -3.82. The van der Waals surface area contributed by atoms with E-state index in [1.54, 1.807) is 19.1 Å². The summed E-state index contributed by atoms with van der Waals surface area (Å²) < 4.78 is 36.1. The van der Waals surface area contributed by atoms with E-state index in [2.05, 4.69) is 5.32 Å². The molecule has 106 valence electrons. The molecule has 0 bridgehead atoms. The van der Waals surface area contributed by atoms with Gasteiger partial charge in [0.15, 0.2) is 0 Å². The molecule has 0 aromatic heterocycles. The number of nitrogen functional groups attached to an aromatic ring is 1. The second-order valence-electron chi connectivity index (χ2n) is 4.38. The molecule has 0 unspecified atom stereocenters. The molecule has 20 heavy (non-hydrogen) atoms. The van der Waals surface area contributed by atoms with Crippen LogP contribution in [0.2, 0.25) is 0 Å². The van der Waals surface area contributed by atoms with Gasteiger partial charge in [0.25, 0.3) is 0 Å². The van der Waals surface area contributed by atoms with Gasteiger partial charge in [-0.1, -0.05) is 6.07 Å². The van der Waals surface area contributed by atoms with Gasteiger partial charge in [0.2, 0.25) is 10.0 Å². The highest BCUT2D eigenvalue weighted by molar-refractivity contribution is 7.89. The Morgan fingerprint density at radius 2 is 1.85 bits per heavy atom. The second kappa shape index (κ2) is 5.10. The van der Waals surface area contributed by atoms with Gasteiger partial charge in [0, 0.05) is 5.69 Å². The van der Waals surface area contributed by atoms with E-state index in [4.69, 9.17) is 10.9 Å². The predicted octanol–water partition coefficient (Wildman–Crippen LogP) is 2.11. The lowest BCUT2D eigenvalue weighted by Gasteiger charge is -2.11.